The van der Waals surface area contributed by atoms with Crippen molar-refractivity contribution in [2.24, 2.45) is 0 Å². The first-order chi connectivity index (χ1) is 8.54. The van der Waals surface area contributed by atoms with Gasteiger partial charge in [-0.1, -0.05) is 19.4 Å². The summed E-state index contributed by atoms with van der Waals surface area (Å²) in [7, 11) is 0. The molecule has 0 saturated heterocycles. The van der Waals surface area contributed by atoms with Crippen LogP contribution in [0.3, 0.4) is 0 Å². The van der Waals surface area contributed by atoms with Crippen LogP contribution < -0.4 is 5.32 Å². The SMILES string of the molecule is CCCCOC(=O)NC(C)c1ccc(O)c(O)c1. The van der Waals surface area contributed by atoms with Gasteiger partial charge < -0.3 is 20.3 Å². The molecule has 0 aliphatic heterocycles. The Morgan fingerprint density at radius 3 is 2.72 bits per heavy atom. The number of ether oxygens (including phenoxy) is 1. The summed E-state index contributed by atoms with van der Waals surface area (Å²) >= 11 is 0. The molecule has 1 aromatic rings. The highest BCUT2D eigenvalue weighted by atomic mass is 16.5. The summed E-state index contributed by atoms with van der Waals surface area (Å²) in [6.45, 7) is 4.19. The fourth-order valence-electron chi connectivity index (χ4n) is 1.42. The van der Waals surface area contributed by atoms with Gasteiger partial charge in [-0.2, -0.15) is 0 Å². The van der Waals surface area contributed by atoms with Crippen LogP contribution in [0.15, 0.2) is 18.2 Å². The Labute approximate surface area is 106 Å². The van der Waals surface area contributed by atoms with Crippen LogP contribution in [-0.2, 0) is 4.74 Å². The normalized spacial score (nSPS) is 11.9. The third-order valence-corrected chi connectivity index (χ3v) is 2.56. The summed E-state index contributed by atoms with van der Waals surface area (Å²) in [6, 6.07) is 4.12. The van der Waals surface area contributed by atoms with Gasteiger partial charge in [-0.3, -0.25) is 0 Å². The minimum atomic E-state index is -0.483. The van der Waals surface area contributed by atoms with Crippen molar-refractivity contribution in [1.82, 2.24) is 5.32 Å². The molecule has 100 valence electrons. The molecule has 0 fully saturated rings. The van der Waals surface area contributed by atoms with E-state index in [1.165, 1.54) is 12.1 Å². The highest BCUT2D eigenvalue weighted by molar-refractivity contribution is 5.67. The number of hydrogen-bond donors (Lipinski definition) is 3. The maximum absolute atomic E-state index is 11.4. The van der Waals surface area contributed by atoms with Gasteiger partial charge in [-0.15, -0.1) is 0 Å². The lowest BCUT2D eigenvalue weighted by Crippen LogP contribution is -2.27. The maximum atomic E-state index is 11.4. The molecule has 0 aliphatic rings. The average molecular weight is 253 g/mol. The minimum Gasteiger partial charge on any atom is -0.504 e. The van der Waals surface area contributed by atoms with E-state index in [-0.39, 0.29) is 17.5 Å². The lowest BCUT2D eigenvalue weighted by atomic mass is 10.1. The number of nitrogens with one attached hydrogen (secondary N) is 1. The quantitative estimate of drug-likeness (QED) is 0.557. The number of phenolic OH excluding ortho intramolecular Hbond substituents is 2. The molecule has 3 N–H and O–H groups in total. The van der Waals surface area contributed by atoms with E-state index in [4.69, 9.17) is 4.74 Å². The zero-order chi connectivity index (χ0) is 13.5. The van der Waals surface area contributed by atoms with E-state index in [9.17, 15) is 15.0 Å². The molecule has 0 bridgehead atoms. The molecule has 1 unspecified atom stereocenters. The second-order valence-electron chi connectivity index (χ2n) is 4.10. The Morgan fingerprint density at radius 1 is 1.39 bits per heavy atom. The van der Waals surface area contributed by atoms with Gasteiger partial charge in [0.25, 0.3) is 0 Å². The van der Waals surface area contributed by atoms with Crippen LogP contribution in [0.2, 0.25) is 0 Å². The number of carbonyl (C=O) groups excluding carboxylic acids is 1. The Bertz CT molecular complexity index is 406. The van der Waals surface area contributed by atoms with Crippen LogP contribution in [0.5, 0.6) is 11.5 Å². The van der Waals surface area contributed by atoms with E-state index in [1.807, 2.05) is 6.92 Å². The van der Waals surface area contributed by atoms with Crippen molar-refractivity contribution in [2.75, 3.05) is 6.61 Å². The molecule has 0 radical (unpaired) electrons. The molecular formula is C13H19NO4. The Hall–Kier alpha value is -1.91. The van der Waals surface area contributed by atoms with E-state index < -0.39 is 6.09 Å². The largest absolute Gasteiger partial charge is 0.504 e. The topological polar surface area (TPSA) is 78.8 Å². The van der Waals surface area contributed by atoms with Crippen LogP contribution in [0.1, 0.15) is 38.3 Å². The van der Waals surface area contributed by atoms with Crippen LogP contribution in [0.4, 0.5) is 4.79 Å². The number of carbonyl (C=O) groups is 1. The molecule has 0 aliphatic carbocycles. The lowest BCUT2D eigenvalue weighted by molar-refractivity contribution is 0.141. The number of amides is 1. The Balaban J connectivity index is 2.51. The van der Waals surface area contributed by atoms with Gasteiger partial charge in [-0.05, 0) is 31.0 Å². The van der Waals surface area contributed by atoms with Crippen molar-refractivity contribution in [1.29, 1.82) is 0 Å². The molecule has 0 saturated carbocycles. The first kappa shape index (κ1) is 14.2. The molecule has 0 spiro atoms. The molecule has 1 aromatic carbocycles. The Kier molecular flexibility index (Phi) is 5.30. The van der Waals surface area contributed by atoms with Crippen LogP contribution in [0, 0.1) is 0 Å². The van der Waals surface area contributed by atoms with Crippen molar-refractivity contribution >= 4 is 6.09 Å². The van der Waals surface area contributed by atoms with Crippen LogP contribution >= 0.6 is 0 Å². The number of hydrogen-bond acceptors (Lipinski definition) is 4. The number of alkyl carbamates (subject to hydrolysis) is 1. The summed E-state index contributed by atoms with van der Waals surface area (Å²) < 4.78 is 4.97. The number of aromatic hydroxyl groups is 2. The third kappa shape index (κ3) is 4.16. The lowest BCUT2D eigenvalue weighted by Gasteiger charge is -2.14. The van der Waals surface area contributed by atoms with Gasteiger partial charge in [-0.25, -0.2) is 4.79 Å². The number of unbranched alkanes of at least 4 members (excludes halogenated alkanes) is 1. The summed E-state index contributed by atoms with van der Waals surface area (Å²) in [5.41, 5.74) is 0.692. The van der Waals surface area contributed by atoms with E-state index in [0.717, 1.165) is 12.8 Å². The molecule has 5 nitrogen and oxygen atoms in total. The second kappa shape index (κ2) is 6.74. The molecule has 1 atom stereocenters. The molecule has 0 heterocycles. The third-order valence-electron chi connectivity index (χ3n) is 2.56. The first-order valence-corrected chi connectivity index (χ1v) is 5.99. The molecule has 1 rings (SSSR count). The smallest absolute Gasteiger partial charge is 0.407 e. The van der Waals surface area contributed by atoms with Gasteiger partial charge in [0.15, 0.2) is 11.5 Å². The minimum absolute atomic E-state index is 0.184. The predicted molar refractivity (Wildman–Crippen MR) is 67.6 cm³/mol. The standard InChI is InChI=1S/C13H19NO4/c1-3-4-7-18-13(17)14-9(2)10-5-6-11(15)12(16)8-10/h5-6,8-9,15-16H,3-4,7H2,1-2H3,(H,14,17). The first-order valence-electron chi connectivity index (χ1n) is 5.99. The molecule has 18 heavy (non-hydrogen) atoms. The zero-order valence-electron chi connectivity index (χ0n) is 10.6. The second-order valence-corrected chi connectivity index (χ2v) is 4.10. The molecule has 1 amide bonds. The van der Waals surface area contributed by atoms with Crippen molar-refractivity contribution in [3.05, 3.63) is 23.8 Å². The highest BCUT2D eigenvalue weighted by Gasteiger charge is 2.11. The van der Waals surface area contributed by atoms with Crippen molar-refractivity contribution in [3.63, 3.8) is 0 Å². The van der Waals surface area contributed by atoms with E-state index in [0.29, 0.717) is 12.2 Å². The maximum Gasteiger partial charge on any atom is 0.407 e. The monoisotopic (exact) mass is 253 g/mol. The summed E-state index contributed by atoms with van der Waals surface area (Å²) in [4.78, 5) is 11.4. The van der Waals surface area contributed by atoms with Crippen molar-refractivity contribution in [2.45, 2.75) is 32.7 Å². The Morgan fingerprint density at radius 2 is 2.11 bits per heavy atom. The predicted octanol–water partition coefficient (Wildman–Crippen LogP) is 2.69. The zero-order valence-corrected chi connectivity index (χ0v) is 10.6. The van der Waals surface area contributed by atoms with Crippen LogP contribution in [0.25, 0.3) is 0 Å². The van der Waals surface area contributed by atoms with Crippen molar-refractivity contribution in [3.8, 4) is 11.5 Å². The van der Waals surface area contributed by atoms with Crippen LogP contribution in [-0.4, -0.2) is 22.9 Å². The van der Waals surface area contributed by atoms with Crippen molar-refractivity contribution < 1.29 is 19.7 Å². The number of rotatable bonds is 5. The summed E-state index contributed by atoms with van der Waals surface area (Å²) in [5.74, 6) is -0.392. The fourth-order valence-corrected chi connectivity index (χ4v) is 1.42. The van der Waals surface area contributed by atoms with E-state index >= 15 is 0 Å². The average Bonchev–Trinajstić information content (AvgIpc) is 2.33. The number of phenols is 2. The van der Waals surface area contributed by atoms with E-state index in [1.54, 1.807) is 13.0 Å². The van der Waals surface area contributed by atoms with Gasteiger partial charge in [0.05, 0.1) is 12.6 Å². The molecule has 0 aromatic heterocycles. The van der Waals surface area contributed by atoms with Gasteiger partial charge in [0, 0.05) is 0 Å². The fraction of sp³-hybridized carbons (Fsp3) is 0.462. The van der Waals surface area contributed by atoms with E-state index in [2.05, 4.69) is 5.32 Å². The van der Waals surface area contributed by atoms with Gasteiger partial charge in [0.2, 0.25) is 0 Å². The summed E-state index contributed by atoms with van der Waals surface area (Å²) in [5, 5.41) is 21.2. The van der Waals surface area contributed by atoms with Gasteiger partial charge >= 0.3 is 6.09 Å². The molecular weight excluding hydrogens is 234 g/mol. The van der Waals surface area contributed by atoms with Gasteiger partial charge in [0.1, 0.15) is 0 Å². The number of benzene rings is 1. The molecule has 5 heteroatoms. The summed E-state index contributed by atoms with van der Waals surface area (Å²) in [6.07, 6.45) is 1.32. The highest BCUT2D eigenvalue weighted by Crippen LogP contribution is 2.27.